The van der Waals surface area contributed by atoms with E-state index in [9.17, 15) is 9.90 Å². The summed E-state index contributed by atoms with van der Waals surface area (Å²) in [7, 11) is 0. The number of nitrogens with one attached hydrogen (secondary N) is 1. The highest BCUT2D eigenvalue weighted by Gasteiger charge is 2.02. The smallest absolute Gasteiger partial charge is 0.235 e. The molecule has 1 aromatic rings. The summed E-state index contributed by atoms with van der Waals surface area (Å²) in [5.41, 5.74) is 1.05. The number of aromatic nitrogens is 1. The molecule has 1 amide bonds. The van der Waals surface area contributed by atoms with Gasteiger partial charge in [0.1, 0.15) is 5.69 Å². The minimum atomic E-state index is -0.226. The molecule has 0 atom stereocenters. The van der Waals surface area contributed by atoms with E-state index < -0.39 is 0 Å². The highest BCUT2D eigenvalue weighted by molar-refractivity contribution is 5.89. The normalized spacial score (nSPS) is 9.50. The summed E-state index contributed by atoms with van der Waals surface area (Å²) in [6.45, 7) is 3.14. The Morgan fingerprint density at radius 2 is 2.25 bits per heavy atom. The Labute approximate surface area is 70.3 Å². The minimum Gasteiger partial charge on any atom is -0.492 e. The maximum Gasteiger partial charge on any atom is 0.235 e. The van der Waals surface area contributed by atoms with Crippen LogP contribution in [0.4, 0.5) is 5.69 Å². The second-order valence-corrected chi connectivity index (χ2v) is 2.50. The molecule has 0 aliphatic carbocycles. The van der Waals surface area contributed by atoms with E-state index >= 15 is 0 Å². The Balaban J connectivity index is 2.93. The predicted molar refractivity (Wildman–Crippen MR) is 44.9 cm³/mol. The lowest BCUT2D eigenvalue weighted by Gasteiger charge is -2.03. The number of aromatic hydroxyl groups is 1. The maximum atomic E-state index is 10.6. The fourth-order valence-corrected chi connectivity index (χ4v) is 0.830. The van der Waals surface area contributed by atoms with Crippen LogP contribution in [0, 0.1) is 6.92 Å². The molecule has 4 heteroatoms. The van der Waals surface area contributed by atoms with Crippen LogP contribution in [-0.4, -0.2) is 16.0 Å². The number of pyridine rings is 1. The zero-order valence-corrected chi connectivity index (χ0v) is 6.96. The Morgan fingerprint density at radius 3 is 2.75 bits per heavy atom. The van der Waals surface area contributed by atoms with Crippen molar-refractivity contribution in [2.75, 3.05) is 5.32 Å². The quantitative estimate of drug-likeness (QED) is 0.655. The highest BCUT2D eigenvalue weighted by atomic mass is 16.3. The van der Waals surface area contributed by atoms with Crippen molar-refractivity contribution >= 4 is 11.6 Å². The van der Waals surface area contributed by atoms with Crippen molar-refractivity contribution in [1.29, 1.82) is 0 Å². The molecule has 1 rings (SSSR count). The molecule has 2 N–H and O–H groups in total. The molecule has 0 bridgehead atoms. The average Bonchev–Trinajstić information content (AvgIpc) is 1.94. The summed E-state index contributed by atoms with van der Waals surface area (Å²) in [6, 6.07) is 3.32. The summed E-state index contributed by atoms with van der Waals surface area (Å²) in [6.07, 6.45) is 0. The first-order valence-electron chi connectivity index (χ1n) is 3.54. The summed E-state index contributed by atoms with van der Waals surface area (Å²) in [5.74, 6) is -0.374. The van der Waals surface area contributed by atoms with Gasteiger partial charge in [0.2, 0.25) is 11.8 Å². The van der Waals surface area contributed by atoms with Gasteiger partial charge in [0.25, 0.3) is 0 Å². The Morgan fingerprint density at radius 1 is 1.58 bits per heavy atom. The molecule has 0 saturated carbocycles. The maximum absolute atomic E-state index is 10.6. The molecular weight excluding hydrogens is 156 g/mol. The summed E-state index contributed by atoms with van der Waals surface area (Å²) >= 11 is 0. The topological polar surface area (TPSA) is 62.2 Å². The van der Waals surface area contributed by atoms with Crippen LogP contribution in [-0.2, 0) is 4.79 Å². The molecule has 0 fully saturated rings. The van der Waals surface area contributed by atoms with Gasteiger partial charge in [-0.3, -0.25) is 4.79 Å². The molecular formula is C8H10N2O2. The Bertz CT molecular complexity index is 310. The van der Waals surface area contributed by atoms with Gasteiger partial charge >= 0.3 is 0 Å². The predicted octanol–water partition coefficient (Wildman–Crippen LogP) is 1.05. The SMILES string of the molecule is CC(=O)Nc1ccc(C)nc1O. The summed E-state index contributed by atoms with van der Waals surface area (Å²) in [5, 5.41) is 11.7. The zero-order valence-electron chi connectivity index (χ0n) is 6.96. The van der Waals surface area contributed by atoms with E-state index in [1.807, 2.05) is 0 Å². The number of carbonyl (C=O) groups excluding carboxylic acids is 1. The van der Waals surface area contributed by atoms with Gasteiger partial charge in [-0.25, -0.2) is 4.98 Å². The standard InChI is InChI=1S/C8H10N2O2/c1-5-3-4-7(8(12)9-5)10-6(2)11/h3-4H,1-2H3,(H,9,12)(H,10,11). The van der Waals surface area contributed by atoms with Crippen molar-refractivity contribution in [3.8, 4) is 5.88 Å². The molecule has 0 unspecified atom stereocenters. The van der Waals surface area contributed by atoms with Crippen molar-refractivity contribution in [2.24, 2.45) is 0 Å². The lowest BCUT2D eigenvalue weighted by molar-refractivity contribution is -0.114. The first-order chi connectivity index (χ1) is 5.59. The van der Waals surface area contributed by atoms with Gasteiger partial charge in [-0.15, -0.1) is 0 Å². The molecule has 0 aliphatic rings. The molecule has 0 spiro atoms. The van der Waals surface area contributed by atoms with Gasteiger partial charge in [-0.1, -0.05) is 0 Å². The molecule has 1 aromatic heterocycles. The van der Waals surface area contributed by atoms with E-state index in [0.29, 0.717) is 11.4 Å². The van der Waals surface area contributed by atoms with Gasteiger partial charge in [0.15, 0.2) is 0 Å². The van der Waals surface area contributed by atoms with Crippen molar-refractivity contribution in [1.82, 2.24) is 4.98 Å². The van der Waals surface area contributed by atoms with E-state index in [0.717, 1.165) is 0 Å². The van der Waals surface area contributed by atoms with Crippen LogP contribution in [0.3, 0.4) is 0 Å². The molecule has 64 valence electrons. The van der Waals surface area contributed by atoms with Crippen LogP contribution in [0.5, 0.6) is 5.88 Å². The first kappa shape index (κ1) is 8.52. The van der Waals surface area contributed by atoms with Crippen LogP contribution in [0.1, 0.15) is 12.6 Å². The summed E-state index contributed by atoms with van der Waals surface area (Å²) < 4.78 is 0. The highest BCUT2D eigenvalue weighted by Crippen LogP contribution is 2.19. The molecule has 12 heavy (non-hydrogen) atoms. The minimum absolute atomic E-state index is 0.148. The fourth-order valence-electron chi connectivity index (χ4n) is 0.830. The van der Waals surface area contributed by atoms with E-state index in [1.165, 1.54) is 6.92 Å². The number of anilines is 1. The molecule has 4 nitrogen and oxygen atoms in total. The number of rotatable bonds is 1. The average molecular weight is 166 g/mol. The number of carbonyl (C=O) groups is 1. The molecule has 0 aromatic carbocycles. The van der Waals surface area contributed by atoms with E-state index in [1.54, 1.807) is 19.1 Å². The lowest BCUT2D eigenvalue weighted by atomic mass is 10.3. The van der Waals surface area contributed by atoms with Gasteiger partial charge in [0.05, 0.1) is 0 Å². The van der Waals surface area contributed by atoms with Gasteiger partial charge < -0.3 is 10.4 Å². The fraction of sp³-hybridized carbons (Fsp3) is 0.250. The first-order valence-corrected chi connectivity index (χ1v) is 3.54. The summed E-state index contributed by atoms with van der Waals surface area (Å²) in [4.78, 5) is 14.4. The Hall–Kier alpha value is -1.58. The number of nitrogens with zero attached hydrogens (tertiary/aromatic N) is 1. The van der Waals surface area contributed by atoms with Crippen molar-refractivity contribution < 1.29 is 9.90 Å². The van der Waals surface area contributed by atoms with Crippen LogP contribution in [0.15, 0.2) is 12.1 Å². The number of amides is 1. The number of hydrogen-bond donors (Lipinski definition) is 2. The lowest BCUT2D eigenvalue weighted by Crippen LogP contribution is -2.06. The van der Waals surface area contributed by atoms with Crippen LogP contribution >= 0.6 is 0 Å². The molecule has 1 heterocycles. The third-order valence-corrected chi connectivity index (χ3v) is 1.33. The Kier molecular flexibility index (Phi) is 2.28. The molecule has 0 aliphatic heterocycles. The third kappa shape index (κ3) is 1.95. The van der Waals surface area contributed by atoms with Gasteiger partial charge in [0, 0.05) is 12.6 Å². The van der Waals surface area contributed by atoms with Crippen LogP contribution < -0.4 is 5.32 Å². The number of hydrogen-bond acceptors (Lipinski definition) is 3. The zero-order chi connectivity index (χ0) is 9.14. The van der Waals surface area contributed by atoms with Crippen molar-refractivity contribution in [2.45, 2.75) is 13.8 Å². The van der Waals surface area contributed by atoms with E-state index in [4.69, 9.17) is 0 Å². The largest absolute Gasteiger partial charge is 0.492 e. The van der Waals surface area contributed by atoms with E-state index in [2.05, 4.69) is 10.3 Å². The van der Waals surface area contributed by atoms with Crippen LogP contribution in [0.2, 0.25) is 0 Å². The molecule has 0 radical (unpaired) electrons. The second kappa shape index (κ2) is 3.21. The van der Waals surface area contributed by atoms with Gasteiger partial charge in [-0.05, 0) is 19.1 Å². The van der Waals surface area contributed by atoms with Crippen molar-refractivity contribution in [3.05, 3.63) is 17.8 Å². The second-order valence-electron chi connectivity index (χ2n) is 2.50. The number of aryl methyl sites for hydroxylation is 1. The van der Waals surface area contributed by atoms with E-state index in [-0.39, 0.29) is 11.8 Å². The van der Waals surface area contributed by atoms with Crippen LogP contribution in [0.25, 0.3) is 0 Å². The third-order valence-electron chi connectivity index (χ3n) is 1.33. The van der Waals surface area contributed by atoms with Crippen molar-refractivity contribution in [3.63, 3.8) is 0 Å². The van der Waals surface area contributed by atoms with Gasteiger partial charge in [-0.2, -0.15) is 0 Å². The monoisotopic (exact) mass is 166 g/mol. The molecule has 0 saturated heterocycles.